The van der Waals surface area contributed by atoms with E-state index in [-0.39, 0.29) is 54.4 Å². The second-order valence-electron chi connectivity index (χ2n) is 9.89. The summed E-state index contributed by atoms with van der Waals surface area (Å²) in [4.78, 5) is 38.1. The fourth-order valence-corrected chi connectivity index (χ4v) is 7.11. The standard InChI is InChI=1S/C30H27BrN2O6S/c1-19(34)28-27(21-5-3-2-4-6-21)26-17-23(31)9-12-25(26)29(35)33(28)18-20-7-10-24(11-8-20)40(38,39)32-15-13-22(14-16-32)30(36)37/h2-12,17,22H,13-16,18H2,1H3,(H,36,37). The molecule has 0 saturated carbocycles. The van der Waals surface area contributed by atoms with Gasteiger partial charge in [0, 0.05) is 35.4 Å². The van der Waals surface area contributed by atoms with E-state index >= 15 is 0 Å². The molecule has 0 radical (unpaired) electrons. The molecule has 0 unspecified atom stereocenters. The van der Waals surface area contributed by atoms with Gasteiger partial charge in [-0.05, 0) is 59.7 Å². The molecule has 8 nitrogen and oxygen atoms in total. The van der Waals surface area contributed by atoms with Crippen molar-refractivity contribution < 1.29 is 23.1 Å². The average molecular weight is 624 g/mol. The van der Waals surface area contributed by atoms with Gasteiger partial charge in [-0.15, -0.1) is 0 Å². The van der Waals surface area contributed by atoms with Gasteiger partial charge in [-0.25, -0.2) is 8.42 Å². The number of carbonyl (C=O) groups is 2. The Hall–Kier alpha value is -3.60. The monoisotopic (exact) mass is 622 g/mol. The lowest BCUT2D eigenvalue weighted by atomic mass is 9.95. The Balaban J connectivity index is 1.54. The van der Waals surface area contributed by atoms with Crippen LogP contribution >= 0.6 is 15.9 Å². The number of nitrogens with zero attached hydrogens (tertiary/aromatic N) is 2. The summed E-state index contributed by atoms with van der Waals surface area (Å²) in [6, 6.07) is 21.1. The smallest absolute Gasteiger partial charge is 0.306 e. The Morgan fingerprint density at radius 3 is 2.20 bits per heavy atom. The van der Waals surface area contributed by atoms with Crippen molar-refractivity contribution in [1.82, 2.24) is 8.87 Å². The van der Waals surface area contributed by atoms with Crippen LogP contribution in [0.5, 0.6) is 0 Å². The van der Waals surface area contributed by atoms with Crippen LogP contribution in [-0.4, -0.2) is 47.2 Å². The van der Waals surface area contributed by atoms with Crippen LogP contribution in [0.3, 0.4) is 0 Å². The van der Waals surface area contributed by atoms with E-state index in [1.54, 1.807) is 24.3 Å². The molecule has 1 saturated heterocycles. The zero-order valence-electron chi connectivity index (χ0n) is 21.7. The highest BCUT2D eigenvalue weighted by Crippen LogP contribution is 2.33. The lowest BCUT2D eigenvalue weighted by Crippen LogP contribution is -2.40. The van der Waals surface area contributed by atoms with Gasteiger partial charge in [-0.3, -0.25) is 19.0 Å². The van der Waals surface area contributed by atoms with Crippen LogP contribution in [0.1, 0.15) is 35.8 Å². The number of Topliss-reactive ketones (excluding diaryl/α,β-unsaturated/α-hetero) is 1. The Morgan fingerprint density at radius 2 is 1.60 bits per heavy atom. The van der Waals surface area contributed by atoms with E-state index in [0.717, 1.165) is 10.0 Å². The summed E-state index contributed by atoms with van der Waals surface area (Å²) >= 11 is 3.49. The molecular weight excluding hydrogens is 596 g/mol. The summed E-state index contributed by atoms with van der Waals surface area (Å²) in [5, 5.41) is 10.3. The van der Waals surface area contributed by atoms with Gasteiger partial charge >= 0.3 is 5.97 Å². The van der Waals surface area contributed by atoms with E-state index in [1.807, 2.05) is 36.4 Å². The van der Waals surface area contributed by atoms with Crippen LogP contribution in [0, 0.1) is 5.92 Å². The first kappa shape index (κ1) is 27.9. The zero-order valence-corrected chi connectivity index (χ0v) is 24.1. The maximum Gasteiger partial charge on any atom is 0.306 e. The van der Waals surface area contributed by atoms with E-state index < -0.39 is 21.9 Å². The second kappa shape index (κ2) is 11.1. The van der Waals surface area contributed by atoms with Crippen molar-refractivity contribution in [2.45, 2.75) is 31.2 Å². The summed E-state index contributed by atoms with van der Waals surface area (Å²) < 4.78 is 29.9. The number of sulfonamides is 1. The molecule has 2 heterocycles. The highest BCUT2D eigenvalue weighted by molar-refractivity contribution is 9.10. The number of benzene rings is 3. The van der Waals surface area contributed by atoms with Crippen molar-refractivity contribution in [1.29, 1.82) is 0 Å². The molecular formula is C30H27BrN2O6S. The van der Waals surface area contributed by atoms with Gasteiger partial charge in [0.15, 0.2) is 5.78 Å². The van der Waals surface area contributed by atoms with Gasteiger partial charge in [0.1, 0.15) is 0 Å². The van der Waals surface area contributed by atoms with E-state index in [9.17, 15) is 27.9 Å². The first-order valence-electron chi connectivity index (χ1n) is 12.8. The number of pyridine rings is 1. The number of piperidine rings is 1. The molecule has 1 aliphatic heterocycles. The second-order valence-corrected chi connectivity index (χ2v) is 12.7. The molecule has 10 heteroatoms. The molecule has 5 rings (SSSR count). The minimum atomic E-state index is -3.79. The number of aromatic nitrogens is 1. The third-order valence-corrected chi connectivity index (χ3v) is 9.74. The van der Waals surface area contributed by atoms with Crippen LogP contribution in [0.25, 0.3) is 21.9 Å². The molecule has 3 aromatic carbocycles. The van der Waals surface area contributed by atoms with E-state index in [0.29, 0.717) is 21.9 Å². The third-order valence-electron chi connectivity index (χ3n) is 7.33. The summed E-state index contributed by atoms with van der Waals surface area (Å²) in [6.45, 7) is 1.80. The first-order chi connectivity index (χ1) is 19.1. The molecule has 206 valence electrons. The molecule has 0 atom stereocenters. The van der Waals surface area contributed by atoms with Crippen molar-refractivity contribution in [2.75, 3.05) is 13.1 Å². The van der Waals surface area contributed by atoms with E-state index in [2.05, 4.69) is 15.9 Å². The first-order valence-corrected chi connectivity index (χ1v) is 15.1. The van der Waals surface area contributed by atoms with Crippen LogP contribution in [0.4, 0.5) is 0 Å². The Kier molecular flexibility index (Phi) is 7.76. The normalized spacial score (nSPS) is 14.8. The molecule has 0 bridgehead atoms. The largest absolute Gasteiger partial charge is 0.481 e. The van der Waals surface area contributed by atoms with Crippen LogP contribution in [0.15, 0.2) is 87.0 Å². The highest BCUT2D eigenvalue weighted by atomic mass is 79.9. The third kappa shape index (κ3) is 5.26. The van der Waals surface area contributed by atoms with Gasteiger partial charge in [0.05, 0.1) is 23.1 Å². The molecule has 40 heavy (non-hydrogen) atoms. The molecule has 1 aromatic heterocycles. The SMILES string of the molecule is CC(=O)c1c(-c2ccccc2)c2cc(Br)ccc2c(=O)n1Cc1ccc(S(=O)(=O)N2CCC(C(=O)O)CC2)cc1. The Labute approximate surface area is 240 Å². The maximum atomic E-state index is 13.7. The number of carboxylic acid groups (broad SMARTS) is 1. The number of aliphatic carboxylic acids is 1. The molecule has 1 fully saturated rings. The minimum Gasteiger partial charge on any atom is -0.481 e. The van der Waals surface area contributed by atoms with Crippen molar-refractivity contribution >= 4 is 48.5 Å². The molecule has 0 spiro atoms. The number of hydrogen-bond acceptors (Lipinski definition) is 5. The zero-order chi connectivity index (χ0) is 28.6. The number of hydrogen-bond donors (Lipinski definition) is 1. The van der Waals surface area contributed by atoms with Gasteiger partial charge in [0.2, 0.25) is 10.0 Å². The van der Waals surface area contributed by atoms with Crippen molar-refractivity contribution in [3.8, 4) is 11.1 Å². The predicted octanol–water partition coefficient (Wildman–Crippen LogP) is 5.17. The number of carbonyl (C=O) groups excluding carboxylic acids is 1. The van der Waals surface area contributed by atoms with Crippen LogP contribution in [-0.2, 0) is 21.4 Å². The molecule has 1 N–H and O–H groups in total. The number of rotatable bonds is 7. The summed E-state index contributed by atoms with van der Waals surface area (Å²) in [5.74, 6) is -1.70. The fraction of sp³-hybridized carbons (Fsp3) is 0.233. The van der Waals surface area contributed by atoms with Crippen LogP contribution in [0.2, 0.25) is 0 Å². The fourth-order valence-electron chi connectivity index (χ4n) is 5.27. The summed E-state index contributed by atoms with van der Waals surface area (Å²) in [5.41, 5.74) is 2.08. The summed E-state index contributed by atoms with van der Waals surface area (Å²) in [7, 11) is -3.79. The van der Waals surface area contributed by atoms with Crippen molar-refractivity contribution in [3.63, 3.8) is 0 Å². The van der Waals surface area contributed by atoms with Gasteiger partial charge in [-0.1, -0.05) is 58.4 Å². The topological polar surface area (TPSA) is 114 Å². The van der Waals surface area contributed by atoms with Crippen LogP contribution < -0.4 is 5.56 Å². The van der Waals surface area contributed by atoms with Gasteiger partial charge < -0.3 is 5.11 Å². The predicted molar refractivity (Wildman–Crippen MR) is 156 cm³/mol. The van der Waals surface area contributed by atoms with Gasteiger partial charge in [0.25, 0.3) is 5.56 Å². The number of ketones is 1. The lowest BCUT2D eigenvalue weighted by molar-refractivity contribution is -0.142. The van der Waals surface area contributed by atoms with E-state index in [4.69, 9.17) is 0 Å². The Morgan fingerprint density at radius 1 is 0.950 bits per heavy atom. The molecule has 0 aliphatic carbocycles. The average Bonchev–Trinajstić information content (AvgIpc) is 2.95. The number of carboxylic acids is 1. The molecule has 1 aliphatic rings. The quantitative estimate of drug-likeness (QED) is 0.285. The van der Waals surface area contributed by atoms with Gasteiger partial charge in [-0.2, -0.15) is 4.31 Å². The number of fused-ring (bicyclic) bond motifs is 1. The molecule has 4 aromatic rings. The van der Waals surface area contributed by atoms with Crippen molar-refractivity contribution in [2.24, 2.45) is 5.92 Å². The molecule has 0 amide bonds. The highest BCUT2D eigenvalue weighted by Gasteiger charge is 2.32. The maximum absolute atomic E-state index is 13.7. The van der Waals surface area contributed by atoms with Crippen molar-refractivity contribution in [3.05, 3.63) is 98.9 Å². The minimum absolute atomic E-state index is 0.0733. The van der Waals surface area contributed by atoms with E-state index in [1.165, 1.54) is 27.9 Å². The summed E-state index contributed by atoms with van der Waals surface area (Å²) in [6.07, 6.45) is 0.539. The Bertz CT molecular complexity index is 1780. The number of halogens is 1. The lowest BCUT2D eigenvalue weighted by Gasteiger charge is -2.29.